The maximum absolute atomic E-state index is 13.1. The van der Waals surface area contributed by atoms with Crippen LogP contribution >= 0.6 is 0 Å². The Balaban J connectivity index is 2.33. The second-order valence-electron chi connectivity index (χ2n) is 7.42. The fourth-order valence-corrected chi connectivity index (χ4v) is 2.95. The molecule has 2 aromatic carbocycles. The van der Waals surface area contributed by atoms with Gasteiger partial charge < -0.3 is 18.9 Å². The third kappa shape index (κ3) is 7.63. The lowest BCUT2D eigenvalue weighted by Crippen LogP contribution is -2.06. The first-order valence-electron chi connectivity index (χ1n) is 11.6. The van der Waals surface area contributed by atoms with E-state index in [0.717, 1.165) is 42.7 Å². The Morgan fingerprint density at radius 2 is 1.38 bits per heavy atom. The first-order valence-corrected chi connectivity index (χ1v) is 11.6. The monoisotopic (exact) mass is 440 g/mol. The van der Waals surface area contributed by atoms with Crippen LogP contribution in [0.2, 0.25) is 0 Å². The van der Waals surface area contributed by atoms with E-state index in [1.165, 1.54) is 0 Å². The summed E-state index contributed by atoms with van der Waals surface area (Å²) in [6.45, 7) is 10.5. The number of hydrogen-bond acceptors (Lipinski definition) is 5. The van der Waals surface area contributed by atoms with E-state index in [2.05, 4.69) is 13.8 Å². The Bertz CT molecular complexity index is 872. The quantitative estimate of drug-likeness (QED) is 0.227. The van der Waals surface area contributed by atoms with E-state index in [4.69, 9.17) is 18.9 Å². The molecule has 0 aliphatic carbocycles. The molecule has 0 spiro atoms. The summed E-state index contributed by atoms with van der Waals surface area (Å²) in [6.07, 6.45) is 6.87. The molecule has 0 unspecified atom stereocenters. The van der Waals surface area contributed by atoms with Crippen LogP contribution in [0.3, 0.4) is 0 Å². The summed E-state index contributed by atoms with van der Waals surface area (Å²) < 4.78 is 23.3. The number of rotatable bonds is 15. The summed E-state index contributed by atoms with van der Waals surface area (Å²) >= 11 is 0. The van der Waals surface area contributed by atoms with Crippen molar-refractivity contribution >= 4 is 11.9 Å². The summed E-state index contributed by atoms with van der Waals surface area (Å²) in [6, 6.07) is 11.1. The van der Waals surface area contributed by atoms with Crippen LogP contribution in [0.4, 0.5) is 0 Å². The molecule has 0 saturated carbocycles. The molecular formula is C27H36O5. The van der Waals surface area contributed by atoms with Crippen LogP contribution in [0.25, 0.3) is 6.08 Å². The van der Waals surface area contributed by atoms with Crippen LogP contribution in [-0.2, 0) is 0 Å². The summed E-state index contributed by atoms with van der Waals surface area (Å²) in [5.41, 5.74) is 1.28. The Hall–Kier alpha value is -2.95. The van der Waals surface area contributed by atoms with Gasteiger partial charge in [-0.05, 0) is 68.2 Å². The van der Waals surface area contributed by atoms with Gasteiger partial charge in [0.2, 0.25) is 0 Å². The van der Waals surface area contributed by atoms with Crippen molar-refractivity contribution in [3.05, 3.63) is 53.6 Å². The zero-order chi connectivity index (χ0) is 23.2. The van der Waals surface area contributed by atoms with Crippen LogP contribution in [0.15, 0.2) is 42.5 Å². The van der Waals surface area contributed by atoms with Crippen molar-refractivity contribution in [2.24, 2.45) is 0 Å². The van der Waals surface area contributed by atoms with Crippen molar-refractivity contribution in [1.29, 1.82) is 0 Å². The van der Waals surface area contributed by atoms with Gasteiger partial charge in [0.05, 0.1) is 32.0 Å². The summed E-state index contributed by atoms with van der Waals surface area (Å²) in [5.74, 6) is 2.42. The molecule has 0 aliphatic rings. The molecule has 0 aliphatic heterocycles. The molecule has 0 heterocycles. The molecule has 0 atom stereocenters. The van der Waals surface area contributed by atoms with Crippen LogP contribution in [0.5, 0.6) is 23.0 Å². The van der Waals surface area contributed by atoms with E-state index in [1.807, 2.05) is 44.2 Å². The molecule has 0 bridgehead atoms. The Kier molecular flexibility index (Phi) is 11.2. The largest absolute Gasteiger partial charge is 0.494 e. The van der Waals surface area contributed by atoms with E-state index >= 15 is 0 Å². The third-order valence-corrected chi connectivity index (χ3v) is 4.49. The van der Waals surface area contributed by atoms with E-state index in [9.17, 15) is 4.79 Å². The Labute approximate surface area is 192 Å². The fourth-order valence-electron chi connectivity index (χ4n) is 2.95. The van der Waals surface area contributed by atoms with E-state index in [0.29, 0.717) is 43.5 Å². The minimum absolute atomic E-state index is 0.153. The van der Waals surface area contributed by atoms with Crippen molar-refractivity contribution in [1.82, 2.24) is 0 Å². The molecule has 5 heteroatoms. The van der Waals surface area contributed by atoms with Crippen molar-refractivity contribution in [3.8, 4) is 23.0 Å². The Morgan fingerprint density at radius 1 is 0.750 bits per heavy atom. The van der Waals surface area contributed by atoms with Gasteiger partial charge in [0.15, 0.2) is 17.3 Å². The predicted octanol–water partition coefficient (Wildman–Crippen LogP) is 6.74. The van der Waals surface area contributed by atoms with Gasteiger partial charge in [0, 0.05) is 5.56 Å². The zero-order valence-electron chi connectivity index (χ0n) is 19.8. The van der Waals surface area contributed by atoms with Crippen molar-refractivity contribution < 1.29 is 23.7 Å². The highest BCUT2D eigenvalue weighted by molar-refractivity contribution is 6.09. The smallest absolute Gasteiger partial charge is 0.189 e. The Morgan fingerprint density at radius 3 is 2.06 bits per heavy atom. The SMILES string of the molecule is CCCOc1ccc(OCCC)c(/C=C/C(=O)c2cccc(OCCC)c2OCCC)c1. The van der Waals surface area contributed by atoms with Gasteiger partial charge in [-0.2, -0.15) is 0 Å². The van der Waals surface area contributed by atoms with Gasteiger partial charge in [-0.3, -0.25) is 4.79 Å². The number of benzene rings is 2. The molecule has 0 amide bonds. The zero-order valence-corrected chi connectivity index (χ0v) is 19.8. The first-order chi connectivity index (χ1) is 15.6. The molecule has 0 N–H and O–H groups in total. The second kappa shape index (κ2) is 14.2. The lowest BCUT2D eigenvalue weighted by molar-refractivity contribution is 0.104. The highest BCUT2D eigenvalue weighted by atomic mass is 16.5. The molecule has 32 heavy (non-hydrogen) atoms. The molecule has 0 saturated heterocycles. The van der Waals surface area contributed by atoms with E-state index < -0.39 is 0 Å². The highest BCUT2D eigenvalue weighted by Crippen LogP contribution is 2.33. The first kappa shape index (κ1) is 25.3. The molecular weight excluding hydrogens is 404 g/mol. The van der Waals surface area contributed by atoms with Gasteiger partial charge in [0.1, 0.15) is 11.5 Å². The minimum atomic E-state index is -0.153. The minimum Gasteiger partial charge on any atom is -0.494 e. The third-order valence-electron chi connectivity index (χ3n) is 4.49. The molecule has 174 valence electrons. The average Bonchev–Trinajstić information content (AvgIpc) is 2.82. The van der Waals surface area contributed by atoms with Crippen molar-refractivity contribution in [2.75, 3.05) is 26.4 Å². The van der Waals surface area contributed by atoms with Gasteiger partial charge in [-0.15, -0.1) is 0 Å². The molecule has 2 rings (SSSR count). The number of carbonyl (C=O) groups excluding carboxylic acids is 1. The van der Waals surface area contributed by atoms with Gasteiger partial charge in [0.25, 0.3) is 0 Å². The number of ketones is 1. The summed E-state index contributed by atoms with van der Waals surface area (Å²) in [5, 5.41) is 0. The van der Waals surface area contributed by atoms with Crippen LogP contribution in [0.1, 0.15) is 69.3 Å². The summed E-state index contributed by atoms with van der Waals surface area (Å²) in [7, 11) is 0. The molecule has 0 aromatic heterocycles. The average molecular weight is 441 g/mol. The van der Waals surface area contributed by atoms with Crippen LogP contribution in [-0.4, -0.2) is 32.2 Å². The maximum atomic E-state index is 13.1. The highest BCUT2D eigenvalue weighted by Gasteiger charge is 2.16. The van der Waals surface area contributed by atoms with Crippen LogP contribution < -0.4 is 18.9 Å². The normalized spacial score (nSPS) is 10.9. The van der Waals surface area contributed by atoms with Gasteiger partial charge in [-0.1, -0.05) is 33.8 Å². The number of hydrogen-bond donors (Lipinski definition) is 0. The van der Waals surface area contributed by atoms with Crippen molar-refractivity contribution in [3.63, 3.8) is 0 Å². The van der Waals surface area contributed by atoms with Crippen molar-refractivity contribution in [2.45, 2.75) is 53.4 Å². The molecule has 5 nitrogen and oxygen atoms in total. The van der Waals surface area contributed by atoms with Crippen LogP contribution in [0, 0.1) is 0 Å². The number of carbonyl (C=O) groups is 1. The predicted molar refractivity (Wildman–Crippen MR) is 129 cm³/mol. The fraction of sp³-hybridized carbons (Fsp3) is 0.444. The van der Waals surface area contributed by atoms with E-state index in [1.54, 1.807) is 18.2 Å². The number of ether oxygens (including phenoxy) is 4. The molecule has 0 fully saturated rings. The lowest BCUT2D eigenvalue weighted by Gasteiger charge is -2.15. The number of allylic oxidation sites excluding steroid dienone is 1. The molecule has 2 aromatic rings. The van der Waals surface area contributed by atoms with E-state index in [-0.39, 0.29) is 5.78 Å². The molecule has 0 radical (unpaired) electrons. The number of para-hydroxylation sites is 1. The topological polar surface area (TPSA) is 54.0 Å². The van der Waals surface area contributed by atoms with Gasteiger partial charge >= 0.3 is 0 Å². The summed E-state index contributed by atoms with van der Waals surface area (Å²) in [4.78, 5) is 13.1. The van der Waals surface area contributed by atoms with Gasteiger partial charge in [-0.25, -0.2) is 0 Å². The lowest BCUT2D eigenvalue weighted by atomic mass is 10.1. The maximum Gasteiger partial charge on any atom is 0.189 e. The second-order valence-corrected chi connectivity index (χ2v) is 7.42. The standard InChI is InChI=1S/C27H36O5/c1-5-16-29-22-13-15-25(30-17-6-2)21(20-22)12-14-24(28)23-10-9-11-26(31-18-7-3)27(23)32-19-8-4/h9-15,20H,5-8,16-19H2,1-4H3/b14-12+.